The molecule has 1 aliphatic rings. The first kappa shape index (κ1) is 14.7. The number of rotatable bonds is 1. The van der Waals surface area contributed by atoms with Crippen LogP contribution >= 0.6 is 11.6 Å². The lowest BCUT2D eigenvalue weighted by Gasteiger charge is -2.12. The molecule has 0 radical (unpaired) electrons. The van der Waals surface area contributed by atoms with Gasteiger partial charge in [-0.05, 0) is 29.8 Å². The summed E-state index contributed by atoms with van der Waals surface area (Å²) in [5.74, 6) is 0.280. The number of alkyl halides is 3. The van der Waals surface area contributed by atoms with Crippen molar-refractivity contribution in [3.8, 4) is 11.8 Å². The fraction of sp³-hybridized carbons (Fsp3) is 0.188. The molecule has 1 atom stereocenters. The molecule has 0 amide bonds. The fourth-order valence-corrected chi connectivity index (χ4v) is 2.76. The second-order valence-electron chi connectivity index (χ2n) is 4.99. The maximum Gasteiger partial charge on any atom is 0.416 e. The highest BCUT2D eigenvalue weighted by Crippen LogP contribution is 2.44. The minimum absolute atomic E-state index is 0.0521. The topological polar surface area (TPSA) is 33.0 Å². The summed E-state index contributed by atoms with van der Waals surface area (Å²) in [4.78, 5) is 0. The van der Waals surface area contributed by atoms with Crippen molar-refractivity contribution in [3.63, 3.8) is 0 Å². The molecule has 112 valence electrons. The Morgan fingerprint density at radius 1 is 1.23 bits per heavy atom. The molecule has 0 N–H and O–H groups in total. The normalized spacial score (nSPS) is 16.8. The van der Waals surface area contributed by atoms with Gasteiger partial charge in [0, 0.05) is 12.0 Å². The Kier molecular flexibility index (Phi) is 3.50. The van der Waals surface area contributed by atoms with Gasteiger partial charge in [0.1, 0.15) is 11.9 Å². The third-order valence-electron chi connectivity index (χ3n) is 3.50. The van der Waals surface area contributed by atoms with E-state index in [2.05, 4.69) is 0 Å². The zero-order valence-electron chi connectivity index (χ0n) is 11.1. The van der Waals surface area contributed by atoms with Gasteiger partial charge >= 0.3 is 6.18 Å². The first-order valence-corrected chi connectivity index (χ1v) is 6.82. The highest BCUT2D eigenvalue weighted by molar-refractivity contribution is 6.32. The Bertz CT molecular complexity index is 780. The van der Waals surface area contributed by atoms with E-state index in [0.29, 0.717) is 11.1 Å². The van der Waals surface area contributed by atoms with Crippen LogP contribution in [0.2, 0.25) is 5.02 Å². The number of ether oxygens (including phenoxy) is 1. The molecule has 0 saturated carbocycles. The third-order valence-corrected chi connectivity index (χ3v) is 3.78. The number of benzene rings is 2. The summed E-state index contributed by atoms with van der Waals surface area (Å²) in [6, 6.07) is 10.8. The zero-order valence-corrected chi connectivity index (χ0v) is 11.9. The Hall–Kier alpha value is -2.19. The van der Waals surface area contributed by atoms with Gasteiger partial charge in [0.05, 0.1) is 22.2 Å². The quantitative estimate of drug-likeness (QED) is 0.747. The van der Waals surface area contributed by atoms with Crippen molar-refractivity contribution in [2.24, 2.45) is 0 Å². The van der Waals surface area contributed by atoms with Crippen LogP contribution in [0.25, 0.3) is 0 Å². The highest BCUT2D eigenvalue weighted by Gasteiger charge is 2.35. The van der Waals surface area contributed by atoms with Crippen molar-refractivity contribution in [2.75, 3.05) is 0 Å². The zero-order chi connectivity index (χ0) is 15.9. The summed E-state index contributed by atoms with van der Waals surface area (Å²) in [7, 11) is 0. The third kappa shape index (κ3) is 2.62. The van der Waals surface area contributed by atoms with Crippen LogP contribution in [0.4, 0.5) is 13.2 Å². The first-order valence-electron chi connectivity index (χ1n) is 6.45. The summed E-state index contributed by atoms with van der Waals surface area (Å²) >= 11 is 5.91. The molecule has 22 heavy (non-hydrogen) atoms. The largest absolute Gasteiger partial charge is 0.484 e. The van der Waals surface area contributed by atoms with Gasteiger partial charge in [-0.3, -0.25) is 0 Å². The molecule has 1 heterocycles. The van der Waals surface area contributed by atoms with E-state index >= 15 is 0 Å². The monoisotopic (exact) mass is 323 g/mol. The molecule has 6 heteroatoms. The molecule has 0 aliphatic carbocycles. The Morgan fingerprint density at radius 3 is 2.68 bits per heavy atom. The van der Waals surface area contributed by atoms with Crippen LogP contribution in [-0.2, 0) is 12.6 Å². The number of hydrogen-bond acceptors (Lipinski definition) is 2. The molecule has 1 aliphatic heterocycles. The lowest BCUT2D eigenvalue weighted by atomic mass is 10.0. The van der Waals surface area contributed by atoms with Gasteiger partial charge < -0.3 is 4.74 Å². The summed E-state index contributed by atoms with van der Waals surface area (Å²) < 4.78 is 44.1. The summed E-state index contributed by atoms with van der Waals surface area (Å²) in [6.45, 7) is 0. The number of halogens is 4. The average molecular weight is 324 g/mol. The molecule has 2 aromatic carbocycles. The van der Waals surface area contributed by atoms with Gasteiger partial charge in [-0.1, -0.05) is 23.7 Å². The fourth-order valence-electron chi connectivity index (χ4n) is 2.48. The van der Waals surface area contributed by atoms with E-state index in [1.807, 2.05) is 6.07 Å². The van der Waals surface area contributed by atoms with Crippen LogP contribution in [0.15, 0.2) is 36.4 Å². The molecule has 2 aromatic rings. The maximum absolute atomic E-state index is 12.8. The predicted molar refractivity (Wildman–Crippen MR) is 74.7 cm³/mol. The molecule has 0 fully saturated rings. The minimum Gasteiger partial charge on any atom is -0.484 e. The van der Waals surface area contributed by atoms with E-state index in [-0.39, 0.29) is 17.2 Å². The van der Waals surface area contributed by atoms with Crippen LogP contribution in [0.1, 0.15) is 28.4 Å². The van der Waals surface area contributed by atoms with E-state index in [9.17, 15) is 13.2 Å². The van der Waals surface area contributed by atoms with Crippen LogP contribution in [0, 0.1) is 11.3 Å². The van der Waals surface area contributed by atoms with E-state index in [0.717, 1.165) is 17.7 Å². The molecule has 0 spiro atoms. The Labute approximate surface area is 129 Å². The molecular weight excluding hydrogens is 315 g/mol. The predicted octanol–water partition coefficient (Wildman–Crippen LogP) is 4.91. The second kappa shape index (κ2) is 5.22. The molecular formula is C16H9ClF3NO. The Balaban J connectivity index is 1.96. The van der Waals surface area contributed by atoms with E-state index in [4.69, 9.17) is 21.6 Å². The lowest BCUT2D eigenvalue weighted by molar-refractivity contribution is -0.137. The van der Waals surface area contributed by atoms with Gasteiger partial charge in [-0.15, -0.1) is 0 Å². The Morgan fingerprint density at radius 2 is 2.00 bits per heavy atom. The van der Waals surface area contributed by atoms with Crippen LogP contribution in [0.3, 0.4) is 0 Å². The molecule has 0 unspecified atom stereocenters. The number of fused-ring (bicyclic) bond motifs is 1. The van der Waals surface area contributed by atoms with Crippen LogP contribution < -0.4 is 4.74 Å². The summed E-state index contributed by atoms with van der Waals surface area (Å²) in [6.07, 6.45) is -4.60. The molecule has 3 rings (SSSR count). The van der Waals surface area contributed by atoms with Gasteiger partial charge in [0.2, 0.25) is 0 Å². The highest BCUT2D eigenvalue weighted by atomic mass is 35.5. The van der Waals surface area contributed by atoms with Gasteiger partial charge in [-0.25, -0.2) is 0 Å². The van der Waals surface area contributed by atoms with Gasteiger partial charge in [-0.2, -0.15) is 18.4 Å². The second-order valence-corrected chi connectivity index (χ2v) is 5.40. The smallest absolute Gasteiger partial charge is 0.416 e. The minimum atomic E-state index is -4.45. The summed E-state index contributed by atoms with van der Waals surface area (Å²) in [5, 5.41) is 8.86. The first-order chi connectivity index (χ1) is 10.4. The van der Waals surface area contributed by atoms with Gasteiger partial charge in [0.15, 0.2) is 0 Å². The van der Waals surface area contributed by atoms with Gasteiger partial charge in [0.25, 0.3) is 0 Å². The van der Waals surface area contributed by atoms with Crippen molar-refractivity contribution < 1.29 is 17.9 Å². The van der Waals surface area contributed by atoms with E-state index in [1.54, 1.807) is 24.3 Å². The van der Waals surface area contributed by atoms with Crippen LogP contribution in [-0.4, -0.2) is 0 Å². The van der Waals surface area contributed by atoms with Crippen molar-refractivity contribution >= 4 is 11.6 Å². The molecule has 0 bridgehead atoms. The summed E-state index contributed by atoms with van der Waals surface area (Å²) in [5.41, 5.74) is 0.845. The van der Waals surface area contributed by atoms with E-state index < -0.39 is 17.8 Å². The van der Waals surface area contributed by atoms with Crippen LogP contribution in [0.5, 0.6) is 5.75 Å². The van der Waals surface area contributed by atoms with E-state index in [1.165, 1.54) is 0 Å². The van der Waals surface area contributed by atoms with Crippen molar-refractivity contribution in [3.05, 3.63) is 63.7 Å². The maximum atomic E-state index is 12.8. The molecule has 0 aromatic heterocycles. The van der Waals surface area contributed by atoms with Crippen molar-refractivity contribution in [2.45, 2.75) is 18.7 Å². The molecule has 0 saturated heterocycles. The number of nitriles is 1. The number of nitrogens with zero attached hydrogens (tertiary/aromatic N) is 1. The molecule has 2 nitrogen and oxygen atoms in total. The SMILES string of the molecule is N#Cc1cccc([C@@H]2Cc3cc(C(F)(F)F)cc(Cl)c3O2)c1. The van der Waals surface area contributed by atoms with Crippen molar-refractivity contribution in [1.29, 1.82) is 5.26 Å². The van der Waals surface area contributed by atoms with Crippen molar-refractivity contribution in [1.82, 2.24) is 0 Å². The average Bonchev–Trinajstić information content (AvgIpc) is 2.91. The standard InChI is InChI=1S/C16H9ClF3NO/c17-13-7-12(16(18,19)20)5-11-6-14(22-15(11)13)10-3-1-2-9(4-10)8-21/h1-5,7,14H,6H2/t14-/m0/s1. The number of hydrogen-bond donors (Lipinski definition) is 0. The lowest BCUT2D eigenvalue weighted by Crippen LogP contribution is -2.05.